The topological polar surface area (TPSA) is 472 Å². The summed E-state index contributed by atoms with van der Waals surface area (Å²) in [5, 5.41) is 44.9. The number of anilines is 4. The molecular weight excluding hydrogens is 1710 g/mol. The first-order chi connectivity index (χ1) is 60.4. The van der Waals surface area contributed by atoms with Crippen LogP contribution in [0.5, 0.6) is 23.0 Å². The standard InChI is InChI=1S/C47H59N7O11S2.C42H51N7O9S2/c1-8-29-25-47(29,43(59)53-67(61,62)39-17-15-14-16-33(39)50-40(55)18-12-10-9-11-13-19-41(56)57)52-42(58)37-23-31(26-54(37)45(60)65-46(4,5)6)64-38-24-35(36-27-66-44(51-36)48-28(2)3)49-34-22-30(63-7)20-21-32(34)38;1-5-26-22-42(26,40(54)49-60(55,56)36-14-12-11-13-30(36)46-37(50)15-9-7-6-8-10-16-38(51)52)48-39(53)33-20-28(23-43-33)58-35-21-32(34-24-59-41(47-34)44-25(2)3)45-31-19-27(57-4)17-18-29(31)35/h8,14-17,20-22,24,27-29,31,37H,1,9-13,18-19,23,25-26H2,2-7H3,(H,48,51)(H,50,55)(H,52,58)(H,53,59)(H,56,57);5,11-14,17-19,21,24-26,28,33,43H,1,6-10,15-16,20,22-23H2,2-4H3,(H,44,47)(H,46,50)(H,48,53)(H,49,54)(H,51,52)/t29-,31-,37+,47-;26-,28-,33+,42-/m11/s1. The highest BCUT2D eigenvalue weighted by molar-refractivity contribution is 7.90. The molecular formula is C89H110N14O20S4. The van der Waals surface area contributed by atoms with E-state index in [9.17, 15) is 60.0 Å². The van der Waals surface area contributed by atoms with Crippen LogP contribution in [-0.4, -0.2) is 186 Å². The van der Waals surface area contributed by atoms with Gasteiger partial charge in [0.25, 0.3) is 31.9 Å². The second kappa shape index (κ2) is 42.2. The van der Waals surface area contributed by atoms with E-state index in [0.717, 1.165) is 47.8 Å². The number of rotatable bonds is 42. The molecule has 2 saturated carbocycles. The molecule has 4 fully saturated rings. The smallest absolute Gasteiger partial charge is 0.411 e. The number of nitrogens with zero attached hydrogens (tertiary/aromatic N) is 5. The number of carbonyl (C=O) groups is 9. The van der Waals surface area contributed by atoms with E-state index in [0.29, 0.717) is 101 Å². The van der Waals surface area contributed by atoms with E-state index in [2.05, 4.69) is 59.8 Å². The minimum Gasteiger partial charge on any atom is -0.497 e. The van der Waals surface area contributed by atoms with Crippen molar-refractivity contribution in [2.45, 2.75) is 227 Å². The third-order valence-electron chi connectivity index (χ3n) is 21.5. The van der Waals surface area contributed by atoms with Crippen LogP contribution in [0.1, 0.15) is 164 Å². The number of hydrogen-bond donors (Lipinski definition) is 11. The maximum Gasteiger partial charge on any atom is 0.411 e. The van der Waals surface area contributed by atoms with Gasteiger partial charge < -0.3 is 71.1 Å². The molecule has 11 N–H and O–H groups in total. The highest BCUT2D eigenvalue weighted by Gasteiger charge is 2.63. The van der Waals surface area contributed by atoms with Crippen molar-refractivity contribution in [2.75, 3.05) is 48.6 Å². The van der Waals surface area contributed by atoms with Crippen molar-refractivity contribution >= 4 is 140 Å². The summed E-state index contributed by atoms with van der Waals surface area (Å²) in [7, 11) is -5.99. The molecule has 0 radical (unpaired) electrons. The quantitative estimate of drug-likeness (QED) is 0.0125. The Morgan fingerprint density at radius 3 is 1.40 bits per heavy atom. The van der Waals surface area contributed by atoms with Crippen molar-refractivity contribution in [3.8, 4) is 45.8 Å². The first kappa shape index (κ1) is 95.8. The molecule has 2 aliphatic heterocycles. The van der Waals surface area contributed by atoms with Crippen LogP contribution in [0.4, 0.5) is 26.4 Å². The zero-order chi connectivity index (χ0) is 91.7. The predicted molar refractivity (Wildman–Crippen MR) is 482 cm³/mol. The summed E-state index contributed by atoms with van der Waals surface area (Å²) < 4.78 is 89.2. The molecule has 6 heterocycles. The van der Waals surface area contributed by atoms with Gasteiger partial charge in [0, 0.05) is 115 Å². The Kier molecular flexibility index (Phi) is 31.8. The van der Waals surface area contributed by atoms with Crippen molar-refractivity contribution < 1.29 is 93.9 Å². The number of ether oxygens (including phenoxy) is 5. The second-order valence-corrected chi connectivity index (χ2v) is 38.3. The SMILES string of the molecule is C=C[C@@H]1C[C@]1(NC(=O)[C@@H]1C[C@@H](Oc2cc(-c3csc(NC(C)C)n3)nc3cc(OC)ccc23)CN1)C(=O)NS(=O)(=O)c1ccccc1NC(=O)CCCCCCCC(=O)O.C=C[C@@H]1C[C@]1(NC(=O)[C@@H]1C[C@@H](Oc2cc(-c3csc(NC(C)C)n3)nc3cc(OC)ccc23)CN1C(=O)OC(C)(C)C)C(=O)NS(=O)(=O)c1ccccc1NC(=O)CCCCCCCC(=O)O. The van der Waals surface area contributed by atoms with Gasteiger partial charge in [-0.05, 0) is 136 Å². The van der Waals surface area contributed by atoms with E-state index < -0.39 is 126 Å². The first-order valence-corrected chi connectivity index (χ1v) is 46.9. The van der Waals surface area contributed by atoms with Crippen LogP contribution in [0.15, 0.2) is 143 Å². The molecule has 2 saturated heterocycles. The Balaban J connectivity index is 0.000000248. The lowest BCUT2D eigenvalue weighted by Crippen LogP contribution is -2.56. The number of unbranched alkanes of at least 4 members (excludes halogenated alkanes) is 8. The number of carboxylic acid groups (broad SMARTS) is 2. The Bertz CT molecular complexity index is 5640. The number of aromatic nitrogens is 4. The lowest BCUT2D eigenvalue weighted by Gasteiger charge is -2.29. The summed E-state index contributed by atoms with van der Waals surface area (Å²) in [5.41, 5.74) is -0.637. The fraction of sp³-hybridized carbons (Fsp3) is 0.449. The number of nitrogens with one attached hydrogen (secondary N) is 9. The van der Waals surface area contributed by atoms with Crippen molar-refractivity contribution in [2.24, 2.45) is 11.8 Å². The number of aliphatic carboxylic acids is 2. The first-order valence-electron chi connectivity index (χ1n) is 42.2. The molecule has 4 aromatic heterocycles. The van der Waals surface area contributed by atoms with Gasteiger partial charge in [0.15, 0.2) is 10.3 Å². The molecule has 38 heteroatoms. The highest BCUT2D eigenvalue weighted by Crippen LogP contribution is 2.48. The lowest BCUT2D eigenvalue weighted by atomic mass is 10.1. The number of pyridine rings is 2. The number of para-hydroxylation sites is 2. The monoisotopic (exact) mass is 1820 g/mol. The van der Waals surface area contributed by atoms with E-state index in [4.69, 9.17) is 53.8 Å². The Hall–Kier alpha value is -11.9. The van der Waals surface area contributed by atoms with E-state index in [-0.39, 0.29) is 91.2 Å². The minimum atomic E-state index is -4.62. The van der Waals surface area contributed by atoms with Crippen LogP contribution < -0.4 is 65.6 Å². The van der Waals surface area contributed by atoms with Gasteiger partial charge >= 0.3 is 18.0 Å². The fourth-order valence-electron chi connectivity index (χ4n) is 14.9. The molecule has 0 unspecified atom stereocenters. The van der Waals surface area contributed by atoms with E-state index in [1.165, 1.54) is 76.1 Å². The van der Waals surface area contributed by atoms with E-state index in [1.807, 2.05) is 62.7 Å². The van der Waals surface area contributed by atoms with Gasteiger partial charge in [0.1, 0.15) is 79.1 Å². The zero-order valence-electron chi connectivity index (χ0n) is 72.3. The Morgan fingerprint density at radius 1 is 0.559 bits per heavy atom. The average molecular weight is 1820 g/mol. The molecule has 127 heavy (non-hydrogen) atoms. The maximum absolute atomic E-state index is 14.5. The number of sulfonamides is 2. The van der Waals surface area contributed by atoms with Crippen molar-refractivity contribution in [3.63, 3.8) is 0 Å². The number of fused-ring (bicyclic) bond motifs is 2. The molecule has 8 aromatic rings. The third kappa shape index (κ3) is 25.3. The molecule has 34 nitrogen and oxygen atoms in total. The summed E-state index contributed by atoms with van der Waals surface area (Å²) in [5.74, 6) is -4.72. The number of carboxylic acids is 2. The number of carbonyl (C=O) groups excluding carboxylic acids is 7. The molecule has 680 valence electrons. The normalized spacial score (nSPS) is 19.4. The second-order valence-electron chi connectivity index (χ2n) is 33.3. The summed E-state index contributed by atoms with van der Waals surface area (Å²) in [6.45, 7) is 21.0. The van der Waals surface area contributed by atoms with Crippen LogP contribution in [0.3, 0.4) is 0 Å². The van der Waals surface area contributed by atoms with Gasteiger partial charge in [0.2, 0.25) is 23.6 Å². The Morgan fingerprint density at radius 2 is 0.984 bits per heavy atom. The molecule has 8 atom stereocenters. The molecule has 2 aliphatic carbocycles. The zero-order valence-corrected chi connectivity index (χ0v) is 75.6. The number of benzene rings is 4. The van der Waals surface area contributed by atoms with Crippen molar-refractivity contribution in [3.05, 3.63) is 133 Å². The maximum atomic E-state index is 14.5. The number of methoxy groups -OCH3 is 2. The number of likely N-dealkylation sites (tertiary alicyclic amines) is 1. The van der Waals surface area contributed by atoms with E-state index >= 15 is 0 Å². The van der Waals surface area contributed by atoms with Gasteiger partial charge in [-0.2, -0.15) is 0 Å². The minimum absolute atomic E-state index is 0.00677. The lowest BCUT2D eigenvalue weighted by molar-refractivity contribution is -0.138. The summed E-state index contributed by atoms with van der Waals surface area (Å²) >= 11 is 2.91. The molecule has 0 spiro atoms. The predicted octanol–water partition coefficient (Wildman–Crippen LogP) is 12.9. The van der Waals surface area contributed by atoms with Crippen LogP contribution >= 0.6 is 22.7 Å². The van der Waals surface area contributed by atoms with Gasteiger partial charge in [-0.3, -0.25) is 43.3 Å². The van der Waals surface area contributed by atoms with Gasteiger partial charge in [0.05, 0.1) is 60.6 Å². The largest absolute Gasteiger partial charge is 0.497 e. The van der Waals surface area contributed by atoms with Gasteiger partial charge in [-0.25, -0.2) is 51.0 Å². The van der Waals surface area contributed by atoms with Crippen LogP contribution in [0, 0.1) is 11.8 Å². The summed E-state index contributed by atoms with van der Waals surface area (Å²) in [6.07, 6.45) is 8.37. The highest BCUT2D eigenvalue weighted by atomic mass is 32.2. The van der Waals surface area contributed by atoms with E-state index in [1.54, 1.807) is 71.4 Å². The van der Waals surface area contributed by atoms with Gasteiger partial charge in [-0.1, -0.05) is 74.9 Å². The van der Waals surface area contributed by atoms with Crippen molar-refractivity contribution in [1.29, 1.82) is 0 Å². The molecule has 7 amide bonds. The van der Waals surface area contributed by atoms with Crippen LogP contribution in [0.25, 0.3) is 44.6 Å². The van der Waals surface area contributed by atoms with Gasteiger partial charge in [-0.15, -0.1) is 35.8 Å². The molecule has 0 bridgehead atoms. The molecule has 4 aliphatic rings. The van der Waals surface area contributed by atoms with Crippen molar-refractivity contribution in [1.82, 2.24) is 50.2 Å². The summed E-state index contributed by atoms with van der Waals surface area (Å²) in [4.78, 5) is 137. The van der Waals surface area contributed by atoms with Crippen LogP contribution in [0.2, 0.25) is 0 Å². The fourth-order valence-corrected chi connectivity index (χ4v) is 19.0. The number of thiazole rings is 2. The molecule has 4 aromatic carbocycles. The summed E-state index contributed by atoms with van der Waals surface area (Å²) in [6, 6.07) is 24.2. The number of amides is 7. The number of hydrogen-bond acceptors (Lipinski definition) is 27. The average Bonchev–Trinajstić information content (AvgIpc) is 1.58. The third-order valence-corrected chi connectivity index (χ3v) is 25.9. The van der Waals surface area contributed by atoms with Crippen LogP contribution in [-0.2, 0) is 63.1 Å². The molecule has 12 rings (SSSR count). The Labute approximate surface area is 745 Å².